The van der Waals surface area contributed by atoms with Gasteiger partial charge in [0.15, 0.2) is 0 Å². The molecule has 104 valence electrons. The molecule has 1 saturated heterocycles. The first-order valence-electron chi connectivity index (χ1n) is 6.73. The number of amidine groups is 1. The molecule has 4 nitrogen and oxygen atoms in total. The van der Waals surface area contributed by atoms with Crippen molar-refractivity contribution in [3.05, 3.63) is 35.4 Å². The highest BCUT2D eigenvalue weighted by atomic mass is 16.5. The van der Waals surface area contributed by atoms with E-state index < -0.39 is 0 Å². The highest BCUT2D eigenvalue weighted by molar-refractivity contribution is 5.95. The van der Waals surface area contributed by atoms with Gasteiger partial charge in [0.2, 0.25) is 0 Å². The van der Waals surface area contributed by atoms with Crippen molar-refractivity contribution in [1.29, 1.82) is 5.41 Å². The van der Waals surface area contributed by atoms with Crippen molar-refractivity contribution in [3.63, 3.8) is 0 Å². The molecule has 1 fully saturated rings. The van der Waals surface area contributed by atoms with Gasteiger partial charge in [-0.1, -0.05) is 18.2 Å². The Bertz CT molecular complexity index is 460. The van der Waals surface area contributed by atoms with Crippen molar-refractivity contribution in [3.8, 4) is 0 Å². The molecule has 3 N–H and O–H groups in total. The average Bonchev–Trinajstić information content (AvgIpc) is 2.39. The standard InChI is InChI=1S/C15H23N3O/c1-15(19-2)7-4-8-18(11-15)10-12-5-3-6-13(9-12)14(16)17/h3,5-6,9H,4,7-8,10-11H2,1-2H3,(H3,16,17). The van der Waals surface area contributed by atoms with E-state index in [2.05, 4.69) is 17.9 Å². The number of benzene rings is 1. The van der Waals surface area contributed by atoms with Crippen LogP contribution in [-0.4, -0.2) is 36.5 Å². The number of hydrogen-bond donors (Lipinski definition) is 2. The molecule has 4 heteroatoms. The van der Waals surface area contributed by atoms with Crippen molar-refractivity contribution in [1.82, 2.24) is 4.90 Å². The van der Waals surface area contributed by atoms with Crippen LogP contribution in [0.2, 0.25) is 0 Å². The number of ether oxygens (including phenoxy) is 1. The molecule has 1 unspecified atom stereocenters. The van der Waals surface area contributed by atoms with Crippen LogP contribution in [0.4, 0.5) is 0 Å². The Morgan fingerprint density at radius 2 is 2.32 bits per heavy atom. The maximum absolute atomic E-state index is 7.49. The molecule has 0 aromatic heterocycles. The third-order valence-electron chi connectivity index (χ3n) is 3.87. The van der Waals surface area contributed by atoms with E-state index in [4.69, 9.17) is 15.9 Å². The number of methoxy groups -OCH3 is 1. The van der Waals surface area contributed by atoms with Gasteiger partial charge in [-0.15, -0.1) is 0 Å². The molecule has 2 rings (SSSR count). The first-order valence-corrected chi connectivity index (χ1v) is 6.73. The SMILES string of the molecule is COC1(C)CCCN(Cc2cccc(C(=N)N)c2)C1. The van der Waals surface area contributed by atoms with Crippen LogP contribution in [0.25, 0.3) is 0 Å². The lowest BCUT2D eigenvalue weighted by molar-refractivity contribution is -0.0527. The number of nitrogens with one attached hydrogen (secondary N) is 1. The lowest BCUT2D eigenvalue weighted by Crippen LogP contribution is -2.46. The summed E-state index contributed by atoms with van der Waals surface area (Å²) in [6, 6.07) is 7.93. The lowest BCUT2D eigenvalue weighted by atomic mass is 9.94. The lowest BCUT2D eigenvalue weighted by Gasteiger charge is -2.39. The highest BCUT2D eigenvalue weighted by Gasteiger charge is 2.30. The van der Waals surface area contributed by atoms with Gasteiger partial charge < -0.3 is 10.5 Å². The molecule has 1 atom stereocenters. The minimum atomic E-state index is -0.0313. The quantitative estimate of drug-likeness (QED) is 0.643. The molecule has 1 aromatic rings. The summed E-state index contributed by atoms with van der Waals surface area (Å²) in [6.45, 7) is 5.11. The number of hydrogen-bond acceptors (Lipinski definition) is 3. The topological polar surface area (TPSA) is 62.3 Å². The second-order valence-electron chi connectivity index (χ2n) is 5.58. The van der Waals surface area contributed by atoms with Crippen molar-refractivity contribution in [2.24, 2.45) is 5.73 Å². The molecule has 1 aromatic carbocycles. The summed E-state index contributed by atoms with van der Waals surface area (Å²) >= 11 is 0. The fraction of sp³-hybridized carbons (Fsp3) is 0.533. The van der Waals surface area contributed by atoms with Crippen LogP contribution in [0.3, 0.4) is 0 Å². The predicted molar refractivity (Wildman–Crippen MR) is 77.4 cm³/mol. The number of piperidine rings is 1. The number of rotatable bonds is 4. The van der Waals surface area contributed by atoms with E-state index in [0.717, 1.165) is 38.0 Å². The summed E-state index contributed by atoms with van der Waals surface area (Å²) in [5.41, 5.74) is 7.50. The predicted octanol–water partition coefficient (Wildman–Crippen LogP) is 1.97. The van der Waals surface area contributed by atoms with Gasteiger partial charge in [-0.2, -0.15) is 0 Å². The molecule has 0 saturated carbocycles. The first kappa shape index (κ1) is 14.0. The molecule has 1 aliphatic rings. The third-order valence-corrected chi connectivity index (χ3v) is 3.87. The molecule has 0 radical (unpaired) electrons. The fourth-order valence-corrected chi connectivity index (χ4v) is 2.70. The summed E-state index contributed by atoms with van der Waals surface area (Å²) < 4.78 is 5.61. The normalized spacial score (nSPS) is 24.3. The number of nitrogens with two attached hydrogens (primary N) is 1. The van der Waals surface area contributed by atoms with E-state index in [1.54, 1.807) is 7.11 Å². The Morgan fingerprint density at radius 1 is 1.53 bits per heavy atom. The Morgan fingerprint density at radius 3 is 3.00 bits per heavy atom. The molecule has 0 spiro atoms. The summed E-state index contributed by atoms with van der Waals surface area (Å²) in [6.07, 6.45) is 2.28. The van der Waals surface area contributed by atoms with Crippen molar-refractivity contribution >= 4 is 5.84 Å². The van der Waals surface area contributed by atoms with Gasteiger partial charge in [0.05, 0.1) is 5.60 Å². The summed E-state index contributed by atoms with van der Waals surface area (Å²) in [5.74, 6) is 0.127. The van der Waals surface area contributed by atoms with Gasteiger partial charge in [0.1, 0.15) is 5.84 Å². The maximum atomic E-state index is 7.49. The van der Waals surface area contributed by atoms with Gasteiger partial charge >= 0.3 is 0 Å². The van der Waals surface area contributed by atoms with Gasteiger partial charge in [-0.05, 0) is 37.9 Å². The molecule has 1 heterocycles. The summed E-state index contributed by atoms with van der Waals surface area (Å²) in [5, 5.41) is 7.49. The van der Waals surface area contributed by atoms with Crippen LogP contribution in [0.5, 0.6) is 0 Å². The molecular weight excluding hydrogens is 238 g/mol. The number of nitrogens with zero attached hydrogens (tertiary/aromatic N) is 1. The molecular formula is C15H23N3O. The fourth-order valence-electron chi connectivity index (χ4n) is 2.70. The zero-order valence-corrected chi connectivity index (χ0v) is 11.8. The maximum Gasteiger partial charge on any atom is 0.122 e. The van der Waals surface area contributed by atoms with Crippen LogP contribution in [0.15, 0.2) is 24.3 Å². The average molecular weight is 261 g/mol. The van der Waals surface area contributed by atoms with Crippen LogP contribution >= 0.6 is 0 Å². The van der Waals surface area contributed by atoms with Crippen LogP contribution in [0.1, 0.15) is 30.9 Å². The minimum absolute atomic E-state index is 0.0313. The van der Waals surface area contributed by atoms with Crippen molar-refractivity contribution < 1.29 is 4.74 Å². The summed E-state index contributed by atoms with van der Waals surface area (Å²) in [7, 11) is 1.79. The van der Waals surface area contributed by atoms with Crippen LogP contribution in [0, 0.1) is 5.41 Å². The van der Waals surface area contributed by atoms with E-state index in [0.29, 0.717) is 0 Å². The highest BCUT2D eigenvalue weighted by Crippen LogP contribution is 2.25. The van der Waals surface area contributed by atoms with E-state index in [1.807, 2.05) is 18.2 Å². The largest absolute Gasteiger partial charge is 0.384 e. The number of likely N-dealkylation sites (tertiary alicyclic amines) is 1. The molecule has 1 aliphatic heterocycles. The van der Waals surface area contributed by atoms with Gasteiger partial charge in [0, 0.05) is 25.8 Å². The Labute approximate surface area is 115 Å². The van der Waals surface area contributed by atoms with Crippen molar-refractivity contribution in [2.45, 2.75) is 31.9 Å². The van der Waals surface area contributed by atoms with Crippen molar-refractivity contribution in [2.75, 3.05) is 20.2 Å². The minimum Gasteiger partial charge on any atom is -0.384 e. The molecule has 0 bridgehead atoms. The summed E-state index contributed by atoms with van der Waals surface area (Å²) in [4.78, 5) is 2.41. The smallest absolute Gasteiger partial charge is 0.122 e. The van der Waals surface area contributed by atoms with Gasteiger partial charge in [-0.3, -0.25) is 10.3 Å². The van der Waals surface area contributed by atoms with Gasteiger partial charge in [-0.25, -0.2) is 0 Å². The molecule has 0 aliphatic carbocycles. The Hall–Kier alpha value is -1.39. The first-order chi connectivity index (χ1) is 9.02. The van der Waals surface area contributed by atoms with Crippen LogP contribution < -0.4 is 5.73 Å². The molecule has 0 amide bonds. The zero-order valence-electron chi connectivity index (χ0n) is 11.8. The van der Waals surface area contributed by atoms with E-state index >= 15 is 0 Å². The molecule has 19 heavy (non-hydrogen) atoms. The third kappa shape index (κ3) is 3.55. The zero-order chi connectivity index (χ0) is 13.9. The monoisotopic (exact) mass is 261 g/mol. The van der Waals surface area contributed by atoms with E-state index in [-0.39, 0.29) is 11.4 Å². The van der Waals surface area contributed by atoms with Gasteiger partial charge in [0.25, 0.3) is 0 Å². The Balaban J connectivity index is 2.04. The van der Waals surface area contributed by atoms with Crippen LogP contribution in [-0.2, 0) is 11.3 Å². The Kier molecular flexibility index (Phi) is 4.22. The van der Waals surface area contributed by atoms with E-state index in [9.17, 15) is 0 Å². The number of nitrogen functional groups attached to an aromatic ring is 1. The second kappa shape index (κ2) is 5.72. The van der Waals surface area contributed by atoms with E-state index in [1.165, 1.54) is 5.56 Å². The second-order valence-corrected chi connectivity index (χ2v) is 5.58.